The van der Waals surface area contributed by atoms with E-state index in [2.05, 4.69) is 14.8 Å². The summed E-state index contributed by atoms with van der Waals surface area (Å²) >= 11 is 5.21. The molecule has 74 valence electrons. The minimum atomic E-state index is -0.986. The Bertz CT molecular complexity index is 252. The van der Waals surface area contributed by atoms with Crippen molar-refractivity contribution in [1.82, 2.24) is 14.8 Å². The zero-order valence-corrected chi connectivity index (χ0v) is 8.10. The maximum Gasteiger partial charge on any atom is 0.322 e. The summed E-state index contributed by atoms with van der Waals surface area (Å²) in [5.41, 5.74) is 0.732. The molecule has 0 aliphatic carbocycles. The molecule has 0 saturated carbocycles. The first-order chi connectivity index (χ1) is 5.74. The molecule has 0 amide bonds. The fourth-order valence-corrected chi connectivity index (χ4v) is 0.959. The van der Waals surface area contributed by atoms with E-state index in [0.29, 0.717) is 6.42 Å². The minimum Gasteiger partial charge on any atom is -0.480 e. The van der Waals surface area contributed by atoms with Gasteiger partial charge >= 0.3 is 5.97 Å². The lowest BCUT2D eigenvalue weighted by atomic mass is 10.2. The molecule has 1 atom stereocenters. The molecular formula is C6H9Cl2N3O2. The van der Waals surface area contributed by atoms with Crippen LogP contribution in [0.25, 0.3) is 0 Å². The fourth-order valence-electron chi connectivity index (χ4n) is 0.789. The number of imidazole rings is 1. The van der Waals surface area contributed by atoms with Crippen LogP contribution in [0.4, 0.5) is 0 Å². The second-order valence-corrected chi connectivity index (χ2v) is 2.50. The maximum absolute atomic E-state index is 10.5. The monoisotopic (exact) mass is 225 g/mol. The molecule has 1 aromatic heterocycles. The topological polar surface area (TPSA) is 78.0 Å². The summed E-state index contributed by atoms with van der Waals surface area (Å²) in [6.07, 6.45) is 3.34. The number of aromatic amines is 1. The van der Waals surface area contributed by atoms with E-state index in [1.54, 1.807) is 6.20 Å². The summed E-state index contributed by atoms with van der Waals surface area (Å²) in [5, 5.41) is 8.59. The Labute approximate surface area is 86.0 Å². The maximum atomic E-state index is 10.5. The van der Waals surface area contributed by atoms with E-state index in [0.717, 1.165) is 5.69 Å². The third kappa shape index (κ3) is 3.63. The van der Waals surface area contributed by atoms with Crippen LogP contribution >= 0.6 is 24.2 Å². The van der Waals surface area contributed by atoms with Crippen molar-refractivity contribution in [2.45, 2.75) is 12.5 Å². The van der Waals surface area contributed by atoms with Crippen molar-refractivity contribution in [1.29, 1.82) is 0 Å². The van der Waals surface area contributed by atoms with Crippen molar-refractivity contribution in [3.05, 3.63) is 18.2 Å². The number of hydrogen-bond acceptors (Lipinski definition) is 3. The van der Waals surface area contributed by atoms with E-state index < -0.39 is 12.0 Å². The van der Waals surface area contributed by atoms with Crippen molar-refractivity contribution in [2.75, 3.05) is 0 Å². The van der Waals surface area contributed by atoms with Gasteiger partial charge in [-0.2, -0.15) is 0 Å². The first-order valence-corrected chi connectivity index (χ1v) is 3.68. The molecule has 1 aromatic rings. The number of carboxylic acid groups (broad SMARTS) is 1. The van der Waals surface area contributed by atoms with Gasteiger partial charge in [0.1, 0.15) is 6.04 Å². The first kappa shape index (κ1) is 12.2. The van der Waals surface area contributed by atoms with Gasteiger partial charge in [0.05, 0.1) is 6.33 Å². The smallest absolute Gasteiger partial charge is 0.322 e. The summed E-state index contributed by atoms with van der Waals surface area (Å²) in [7, 11) is 0. The van der Waals surface area contributed by atoms with E-state index in [9.17, 15) is 4.79 Å². The number of aliphatic carboxylic acids is 1. The molecule has 0 aromatic carbocycles. The van der Waals surface area contributed by atoms with Crippen LogP contribution < -0.4 is 4.84 Å². The third-order valence-corrected chi connectivity index (χ3v) is 1.67. The van der Waals surface area contributed by atoms with E-state index in [4.69, 9.17) is 16.9 Å². The number of rotatable bonds is 4. The van der Waals surface area contributed by atoms with Crippen LogP contribution in [-0.2, 0) is 11.2 Å². The van der Waals surface area contributed by atoms with Crippen molar-refractivity contribution in [3.8, 4) is 0 Å². The lowest BCUT2D eigenvalue weighted by Crippen LogP contribution is -2.32. The number of hydrogen-bond donors (Lipinski definition) is 3. The second kappa shape index (κ2) is 5.80. The Morgan fingerprint density at radius 1 is 1.85 bits per heavy atom. The second-order valence-electron chi connectivity index (χ2n) is 2.28. The van der Waals surface area contributed by atoms with E-state index in [-0.39, 0.29) is 12.4 Å². The molecule has 0 bridgehead atoms. The molecule has 0 aliphatic rings. The molecule has 1 rings (SSSR count). The van der Waals surface area contributed by atoms with Gasteiger partial charge in [-0.3, -0.25) is 4.79 Å². The van der Waals surface area contributed by atoms with Crippen molar-refractivity contribution >= 4 is 30.2 Å². The van der Waals surface area contributed by atoms with Crippen LogP contribution in [0, 0.1) is 0 Å². The Kier molecular flexibility index (Phi) is 5.45. The van der Waals surface area contributed by atoms with E-state index in [1.807, 2.05) is 0 Å². The van der Waals surface area contributed by atoms with Crippen LogP contribution in [-0.4, -0.2) is 27.1 Å². The number of carboxylic acids is 1. The standard InChI is InChI=1S/C6H8ClN3O2.ClH/c7-10-5(6(11)12)1-4-2-8-3-9-4;/h2-3,5,10H,1H2,(H,8,9)(H,11,12);1H/t5-;/m0./s1. The minimum absolute atomic E-state index is 0. The highest BCUT2D eigenvalue weighted by Crippen LogP contribution is 1.98. The molecule has 1 heterocycles. The van der Waals surface area contributed by atoms with E-state index in [1.165, 1.54) is 6.33 Å². The average molecular weight is 226 g/mol. The highest BCUT2D eigenvalue weighted by atomic mass is 35.5. The molecule has 0 fully saturated rings. The molecule has 0 spiro atoms. The summed E-state index contributed by atoms with van der Waals surface area (Å²) in [4.78, 5) is 19.2. The molecule has 13 heavy (non-hydrogen) atoms. The highest BCUT2D eigenvalue weighted by molar-refractivity contribution is 6.14. The number of H-pyrrole nitrogens is 1. The lowest BCUT2D eigenvalue weighted by molar-refractivity contribution is -0.138. The molecule has 0 saturated heterocycles. The molecule has 7 heteroatoms. The van der Waals surface area contributed by atoms with Gasteiger partial charge in [-0.1, -0.05) is 0 Å². The molecule has 0 unspecified atom stereocenters. The van der Waals surface area contributed by atoms with Gasteiger partial charge in [0.15, 0.2) is 0 Å². The quantitative estimate of drug-likeness (QED) is 0.656. The van der Waals surface area contributed by atoms with Crippen LogP contribution in [0.15, 0.2) is 12.5 Å². The summed E-state index contributed by atoms with van der Waals surface area (Å²) in [5.74, 6) is -0.986. The van der Waals surface area contributed by atoms with Crippen molar-refractivity contribution in [3.63, 3.8) is 0 Å². The summed E-state index contributed by atoms with van der Waals surface area (Å²) < 4.78 is 0. The van der Waals surface area contributed by atoms with Crippen molar-refractivity contribution in [2.24, 2.45) is 0 Å². The van der Waals surface area contributed by atoms with Crippen molar-refractivity contribution < 1.29 is 9.90 Å². The van der Waals surface area contributed by atoms with Gasteiger partial charge < -0.3 is 10.1 Å². The Morgan fingerprint density at radius 2 is 2.54 bits per heavy atom. The molecule has 0 radical (unpaired) electrons. The van der Waals surface area contributed by atoms with Crippen LogP contribution in [0.3, 0.4) is 0 Å². The van der Waals surface area contributed by atoms with Crippen LogP contribution in [0.1, 0.15) is 5.69 Å². The Hall–Kier alpha value is -0.780. The zero-order valence-electron chi connectivity index (χ0n) is 6.53. The Morgan fingerprint density at radius 3 is 2.92 bits per heavy atom. The Balaban J connectivity index is 0.00000144. The largest absolute Gasteiger partial charge is 0.480 e. The highest BCUT2D eigenvalue weighted by Gasteiger charge is 2.16. The SMILES string of the molecule is Cl.O=C(O)[C@H](Cc1cnc[nH]1)NCl. The molecular weight excluding hydrogens is 217 g/mol. The fraction of sp³-hybridized carbons (Fsp3) is 0.333. The first-order valence-electron chi connectivity index (χ1n) is 3.30. The predicted molar refractivity (Wildman–Crippen MR) is 50.0 cm³/mol. The summed E-state index contributed by atoms with van der Waals surface area (Å²) in [6, 6.07) is -0.785. The van der Waals surface area contributed by atoms with E-state index >= 15 is 0 Å². The van der Waals surface area contributed by atoms with Crippen LogP contribution in [0.2, 0.25) is 0 Å². The van der Waals surface area contributed by atoms with Gasteiger partial charge in [0.2, 0.25) is 0 Å². The van der Waals surface area contributed by atoms with Gasteiger partial charge in [-0.25, -0.2) is 9.82 Å². The normalized spacial score (nSPS) is 11.8. The number of nitrogens with zero attached hydrogens (tertiary/aromatic N) is 1. The molecule has 5 nitrogen and oxygen atoms in total. The summed E-state index contributed by atoms with van der Waals surface area (Å²) in [6.45, 7) is 0. The average Bonchev–Trinajstić information content (AvgIpc) is 2.51. The number of aromatic nitrogens is 2. The number of nitrogens with one attached hydrogen (secondary N) is 2. The van der Waals surface area contributed by atoms with Gasteiger partial charge in [-0.05, 0) is 11.8 Å². The number of carbonyl (C=O) groups is 1. The number of halogens is 2. The predicted octanol–water partition coefficient (Wildman–Crippen LogP) is 0.571. The molecule has 0 aliphatic heterocycles. The van der Waals surface area contributed by atoms with Gasteiger partial charge in [0.25, 0.3) is 0 Å². The van der Waals surface area contributed by atoms with Gasteiger partial charge in [-0.15, -0.1) is 12.4 Å². The zero-order chi connectivity index (χ0) is 8.97. The lowest BCUT2D eigenvalue weighted by Gasteiger charge is -2.06. The van der Waals surface area contributed by atoms with Crippen LogP contribution in [0.5, 0.6) is 0 Å². The van der Waals surface area contributed by atoms with Gasteiger partial charge in [0, 0.05) is 18.3 Å². The molecule has 3 N–H and O–H groups in total. The third-order valence-electron chi connectivity index (χ3n) is 1.41.